The smallest absolute Gasteiger partial charge is 0.315 e. The van der Waals surface area contributed by atoms with E-state index in [1.54, 1.807) is 0 Å². The first-order valence-electron chi connectivity index (χ1n) is 7.16. The standard InChI is InChI=1S/C12H20N4O4S/c1-21(17,18)16-5-6-19-10(8-16)7-13-12-15-14-11(20-12)9-3-2-4-9/h9-10H,2-8H2,1H3,(H,13,15)/t10-/m0/s1. The summed E-state index contributed by atoms with van der Waals surface area (Å²) in [5, 5.41) is 11.0. The first kappa shape index (κ1) is 14.7. The summed E-state index contributed by atoms with van der Waals surface area (Å²) in [6, 6.07) is 0.372. The molecule has 1 atom stereocenters. The average Bonchev–Trinajstić information content (AvgIpc) is 2.82. The van der Waals surface area contributed by atoms with Gasteiger partial charge in [0.15, 0.2) is 0 Å². The zero-order valence-corrected chi connectivity index (χ0v) is 12.8. The Bertz CT molecular complexity index is 584. The Labute approximate surface area is 123 Å². The Morgan fingerprint density at radius 1 is 1.38 bits per heavy atom. The fraction of sp³-hybridized carbons (Fsp3) is 0.833. The van der Waals surface area contributed by atoms with Gasteiger partial charge in [-0.25, -0.2) is 8.42 Å². The number of anilines is 1. The van der Waals surface area contributed by atoms with Gasteiger partial charge >= 0.3 is 6.01 Å². The number of hydrogen-bond acceptors (Lipinski definition) is 7. The van der Waals surface area contributed by atoms with Crippen molar-refractivity contribution in [2.45, 2.75) is 31.3 Å². The van der Waals surface area contributed by atoms with Gasteiger partial charge in [-0.05, 0) is 12.8 Å². The second kappa shape index (κ2) is 5.90. The Balaban J connectivity index is 1.51. The average molecular weight is 316 g/mol. The Hall–Kier alpha value is -1.19. The fourth-order valence-electron chi connectivity index (χ4n) is 2.44. The van der Waals surface area contributed by atoms with E-state index in [0.29, 0.717) is 44.1 Å². The van der Waals surface area contributed by atoms with Gasteiger partial charge in [0.05, 0.1) is 19.0 Å². The van der Waals surface area contributed by atoms with Crippen molar-refractivity contribution in [2.75, 3.05) is 37.8 Å². The zero-order chi connectivity index (χ0) is 14.9. The second-order valence-electron chi connectivity index (χ2n) is 5.57. The van der Waals surface area contributed by atoms with Gasteiger partial charge in [-0.1, -0.05) is 11.5 Å². The van der Waals surface area contributed by atoms with Crippen molar-refractivity contribution in [2.24, 2.45) is 0 Å². The first-order valence-corrected chi connectivity index (χ1v) is 9.01. The third-order valence-corrected chi connectivity index (χ3v) is 5.22. The molecule has 8 nitrogen and oxygen atoms in total. The Morgan fingerprint density at radius 3 is 2.86 bits per heavy atom. The van der Waals surface area contributed by atoms with Gasteiger partial charge in [-0.15, -0.1) is 5.10 Å². The van der Waals surface area contributed by atoms with Crippen LogP contribution in [0.15, 0.2) is 4.42 Å². The minimum atomic E-state index is -3.17. The molecule has 21 heavy (non-hydrogen) atoms. The maximum atomic E-state index is 11.5. The maximum Gasteiger partial charge on any atom is 0.315 e. The third kappa shape index (κ3) is 3.53. The van der Waals surface area contributed by atoms with E-state index >= 15 is 0 Å². The molecular weight excluding hydrogens is 296 g/mol. The maximum absolute atomic E-state index is 11.5. The molecule has 1 aromatic rings. The minimum absolute atomic E-state index is 0.215. The summed E-state index contributed by atoms with van der Waals surface area (Å²) >= 11 is 0. The predicted molar refractivity (Wildman–Crippen MR) is 75.5 cm³/mol. The minimum Gasteiger partial charge on any atom is -0.408 e. The molecule has 1 saturated carbocycles. The molecule has 0 spiro atoms. The van der Waals surface area contributed by atoms with Crippen LogP contribution in [-0.2, 0) is 14.8 Å². The van der Waals surface area contributed by atoms with Crippen LogP contribution in [0.5, 0.6) is 0 Å². The number of nitrogens with zero attached hydrogens (tertiary/aromatic N) is 3. The summed E-state index contributed by atoms with van der Waals surface area (Å²) in [4.78, 5) is 0. The topological polar surface area (TPSA) is 97.6 Å². The molecule has 0 amide bonds. The summed E-state index contributed by atoms with van der Waals surface area (Å²) in [6.45, 7) is 1.59. The van der Waals surface area contributed by atoms with Gasteiger partial charge in [0, 0.05) is 25.6 Å². The lowest BCUT2D eigenvalue weighted by atomic mass is 9.85. The van der Waals surface area contributed by atoms with Crippen molar-refractivity contribution >= 4 is 16.0 Å². The SMILES string of the molecule is CS(=O)(=O)N1CCO[C@@H](CNc2nnc(C3CCC3)o2)C1. The van der Waals surface area contributed by atoms with Crippen LogP contribution in [0.4, 0.5) is 6.01 Å². The van der Waals surface area contributed by atoms with Gasteiger partial charge in [0.25, 0.3) is 0 Å². The quantitative estimate of drug-likeness (QED) is 0.840. The first-order chi connectivity index (χ1) is 10.0. The lowest BCUT2D eigenvalue weighted by Crippen LogP contribution is -2.47. The second-order valence-corrected chi connectivity index (χ2v) is 7.55. The monoisotopic (exact) mass is 316 g/mol. The lowest BCUT2D eigenvalue weighted by Gasteiger charge is -2.31. The Kier molecular flexibility index (Phi) is 4.14. The van der Waals surface area contributed by atoms with E-state index in [1.807, 2.05) is 0 Å². The van der Waals surface area contributed by atoms with E-state index in [-0.39, 0.29) is 6.10 Å². The number of nitrogens with one attached hydrogen (secondary N) is 1. The summed E-state index contributed by atoms with van der Waals surface area (Å²) < 4.78 is 35.6. The lowest BCUT2D eigenvalue weighted by molar-refractivity contribution is 0.00678. The van der Waals surface area contributed by atoms with Crippen LogP contribution in [0.2, 0.25) is 0 Å². The highest BCUT2D eigenvalue weighted by Crippen LogP contribution is 2.35. The molecule has 3 rings (SSSR count). The number of ether oxygens (including phenoxy) is 1. The summed E-state index contributed by atoms with van der Waals surface area (Å²) in [6.07, 6.45) is 4.43. The highest BCUT2D eigenvalue weighted by atomic mass is 32.2. The molecule has 0 aromatic carbocycles. The molecule has 118 valence electrons. The fourth-order valence-corrected chi connectivity index (χ4v) is 3.29. The van der Waals surface area contributed by atoms with Crippen molar-refractivity contribution < 1.29 is 17.6 Å². The normalized spacial score (nSPS) is 24.7. The molecule has 1 aliphatic heterocycles. The molecule has 1 saturated heterocycles. The van der Waals surface area contributed by atoms with Gasteiger partial charge in [0.1, 0.15) is 0 Å². The molecule has 2 heterocycles. The van der Waals surface area contributed by atoms with Crippen molar-refractivity contribution in [1.82, 2.24) is 14.5 Å². The van der Waals surface area contributed by atoms with Crippen LogP contribution in [0, 0.1) is 0 Å². The zero-order valence-electron chi connectivity index (χ0n) is 12.0. The largest absolute Gasteiger partial charge is 0.408 e. The molecule has 1 N–H and O–H groups in total. The summed E-state index contributed by atoms with van der Waals surface area (Å²) in [7, 11) is -3.17. The summed E-state index contributed by atoms with van der Waals surface area (Å²) in [5.74, 6) is 1.09. The van der Waals surface area contributed by atoms with Crippen molar-refractivity contribution in [3.63, 3.8) is 0 Å². The molecule has 0 bridgehead atoms. The number of aromatic nitrogens is 2. The van der Waals surface area contributed by atoms with Crippen LogP contribution in [-0.4, -0.2) is 61.5 Å². The van der Waals surface area contributed by atoms with Crippen LogP contribution < -0.4 is 5.32 Å². The molecule has 2 aliphatic rings. The number of sulfonamides is 1. The molecule has 0 unspecified atom stereocenters. The molecule has 2 fully saturated rings. The highest BCUT2D eigenvalue weighted by molar-refractivity contribution is 7.88. The summed E-state index contributed by atoms with van der Waals surface area (Å²) in [5.41, 5.74) is 0. The van der Waals surface area contributed by atoms with Crippen LogP contribution in [0.25, 0.3) is 0 Å². The Morgan fingerprint density at radius 2 is 2.19 bits per heavy atom. The van der Waals surface area contributed by atoms with Crippen molar-refractivity contribution in [3.05, 3.63) is 5.89 Å². The predicted octanol–water partition coefficient (Wildman–Crippen LogP) is 0.409. The van der Waals surface area contributed by atoms with Gasteiger partial charge in [0.2, 0.25) is 15.9 Å². The molecule has 1 aliphatic carbocycles. The van der Waals surface area contributed by atoms with Gasteiger partial charge in [-0.2, -0.15) is 4.31 Å². The molecule has 9 heteroatoms. The van der Waals surface area contributed by atoms with Crippen LogP contribution >= 0.6 is 0 Å². The van der Waals surface area contributed by atoms with E-state index in [4.69, 9.17) is 9.15 Å². The highest BCUT2D eigenvalue weighted by Gasteiger charge is 2.27. The molecular formula is C12H20N4O4S. The number of hydrogen-bond donors (Lipinski definition) is 1. The van der Waals surface area contributed by atoms with Crippen LogP contribution in [0.3, 0.4) is 0 Å². The molecule has 1 aromatic heterocycles. The molecule has 0 radical (unpaired) electrons. The van der Waals surface area contributed by atoms with E-state index in [2.05, 4.69) is 15.5 Å². The van der Waals surface area contributed by atoms with Crippen molar-refractivity contribution in [1.29, 1.82) is 0 Å². The van der Waals surface area contributed by atoms with Gasteiger partial charge in [-0.3, -0.25) is 0 Å². The van der Waals surface area contributed by atoms with Crippen LogP contribution in [0.1, 0.15) is 31.1 Å². The number of morpholine rings is 1. The third-order valence-electron chi connectivity index (χ3n) is 3.95. The van der Waals surface area contributed by atoms with E-state index in [0.717, 1.165) is 12.8 Å². The van der Waals surface area contributed by atoms with Crippen molar-refractivity contribution in [3.8, 4) is 0 Å². The van der Waals surface area contributed by atoms with E-state index in [1.165, 1.54) is 17.0 Å². The van der Waals surface area contributed by atoms with Gasteiger partial charge < -0.3 is 14.5 Å². The number of rotatable bonds is 5. The van der Waals surface area contributed by atoms with E-state index < -0.39 is 10.0 Å². The van der Waals surface area contributed by atoms with E-state index in [9.17, 15) is 8.42 Å².